The van der Waals surface area contributed by atoms with Gasteiger partial charge in [-0.15, -0.1) is 0 Å². The van der Waals surface area contributed by atoms with E-state index < -0.39 is 26.5 Å². The molecule has 0 bridgehead atoms. The van der Waals surface area contributed by atoms with Crippen LogP contribution in [0.5, 0.6) is 0 Å². The minimum Gasteiger partial charge on any atom is -0.463 e. The van der Waals surface area contributed by atoms with Gasteiger partial charge in [0.1, 0.15) is 12.7 Å². The lowest BCUT2D eigenvalue weighted by Gasteiger charge is -2.12. The number of carbonyl (C=O) groups is 1. The van der Waals surface area contributed by atoms with Gasteiger partial charge in [0.15, 0.2) is 0 Å². The van der Waals surface area contributed by atoms with Crippen molar-refractivity contribution in [2.45, 2.75) is 83.7 Å². The Balaban J connectivity index is 3.42. The summed E-state index contributed by atoms with van der Waals surface area (Å²) in [5, 5.41) is 9.38. The first kappa shape index (κ1) is 25.3. The first-order valence-electron chi connectivity index (χ1n) is 9.54. The van der Waals surface area contributed by atoms with Gasteiger partial charge in [0, 0.05) is 6.42 Å². The van der Waals surface area contributed by atoms with E-state index in [-0.39, 0.29) is 13.0 Å². The Morgan fingerprint density at radius 1 is 0.962 bits per heavy atom. The molecule has 0 spiro atoms. The lowest BCUT2D eigenvalue weighted by Crippen LogP contribution is -2.23. The van der Waals surface area contributed by atoms with E-state index in [0.29, 0.717) is 0 Å². The highest BCUT2D eigenvalue weighted by atomic mass is 31.2. The Kier molecular flexibility index (Phi) is 16.0. The number of esters is 1. The largest absolute Gasteiger partial charge is 0.469 e. The number of phosphoric ester groups is 1. The Labute approximate surface area is 157 Å². The van der Waals surface area contributed by atoms with Crippen molar-refractivity contribution in [1.82, 2.24) is 0 Å². The van der Waals surface area contributed by atoms with Crippen LogP contribution in [0.15, 0.2) is 12.2 Å². The molecule has 3 N–H and O–H groups in total. The van der Waals surface area contributed by atoms with Crippen LogP contribution in [0.4, 0.5) is 0 Å². The van der Waals surface area contributed by atoms with Crippen LogP contribution in [0.2, 0.25) is 0 Å². The van der Waals surface area contributed by atoms with Crippen molar-refractivity contribution in [2.75, 3.05) is 13.2 Å². The van der Waals surface area contributed by atoms with Gasteiger partial charge < -0.3 is 19.6 Å². The average molecular weight is 394 g/mol. The van der Waals surface area contributed by atoms with Crippen LogP contribution in [0, 0.1) is 0 Å². The normalized spacial score (nSPS) is 13.2. The summed E-state index contributed by atoms with van der Waals surface area (Å²) in [6.07, 6.45) is 14.8. The van der Waals surface area contributed by atoms with Crippen LogP contribution < -0.4 is 0 Å². The SMILES string of the molecule is CCCCC/C=C\CCCCCCCC(=O)OC[C@@H](O)COP(=O)(O)O. The smallest absolute Gasteiger partial charge is 0.463 e. The molecule has 154 valence electrons. The fourth-order valence-corrected chi connectivity index (χ4v) is 2.67. The predicted molar refractivity (Wildman–Crippen MR) is 101 cm³/mol. The van der Waals surface area contributed by atoms with Gasteiger partial charge in [-0.05, 0) is 32.1 Å². The van der Waals surface area contributed by atoms with Crippen molar-refractivity contribution < 1.29 is 33.5 Å². The van der Waals surface area contributed by atoms with E-state index in [2.05, 4.69) is 23.6 Å². The standard InChI is InChI=1S/C18H35O7P/c1-2-3-4-5-6-7-8-9-10-11-12-13-14-18(20)24-15-17(19)16-25-26(21,22)23/h6-7,17,19H,2-5,8-16H2,1H3,(H2,21,22,23)/b7-6-/t17-/m1/s1. The van der Waals surface area contributed by atoms with Crippen molar-refractivity contribution in [3.8, 4) is 0 Å². The molecule has 0 aliphatic carbocycles. The Hall–Kier alpha value is -0.720. The highest BCUT2D eigenvalue weighted by molar-refractivity contribution is 7.46. The number of unbranched alkanes of at least 4 members (excludes halogenated alkanes) is 8. The van der Waals surface area contributed by atoms with E-state index in [1.165, 1.54) is 32.1 Å². The van der Waals surface area contributed by atoms with Crippen molar-refractivity contribution in [3.05, 3.63) is 12.2 Å². The number of ether oxygens (including phenoxy) is 1. The maximum absolute atomic E-state index is 11.5. The van der Waals surface area contributed by atoms with Crippen LogP contribution >= 0.6 is 7.82 Å². The molecule has 0 heterocycles. The van der Waals surface area contributed by atoms with E-state index in [0.717, 1.165) is 32.1 Å². The summed E-state index contributed by atoms with van der Waals surface area (Å²) >= 11 is 0. The van der Waals surface area contributed by atoms with Crippen molar-refractivity contribution in [2.24, 2.45) is 0 Å². The van der Waals surface area contributed by atoms with Gasteiger partial charge in [-0.1, -0.05) is 51.2 Å². The maximum atomic E-state index is 11.5. The summed E-state index contributed by atoms with van der Waals surface area (Å²) in [6, 6.07) is 0. The molecule has 0 amide bonds. The molecule has 0 aliphatic rings. The Bertz CT molecular complexity index is 420. The summed E-state index contributed by atoms with van der Waals surface area (Å²) in [5.41, 5.74) is 0. The molecule has 7 nitrogen and oxygen atoms in total. The fraction of sp³-hybridized carbons (Fsp3) is 0.833. The number of phosphoric acid groups is 1. The second kappa shape index (κ2) is 16.5. The van der Waals surface area contributed by atoms with Gasteiger partial charge in [0.2, 0.25) is 0 Å². The number of rotatable bonds is 17. The number of hydrogen-bond donors (Lipinski definition) is 3. The molecule has 0 fully saturated rings. The van der Waals surface area contributed by atoms with Gasteiger partial charge in [-0.25, -0.2) is 4.57 Å². The van der Waals surface area contributed by atoms with E-state index in [1.807, 2.05) is 0 Å². The van der Waals surface area contributed by atoms with E-state index in [9.17, 15) is 14.5 Å². The number of allylic oxidation sites excluding steroid dienone is 2. The molecule has 0 saturated heterocycles. The molecule has 8 heteroatoms. The molecule has 1 atom stereocenters. The van der Waals surface area contributed by atoms with Crippen LogP contribution in [-0.2, 0) is 18.6 Å². The lowest BCUT2D eigenvalue weighted by molar-refractivity contribution is -0.147. The van der Waals surface area contributed by atoms with Crippen molar-refractivity contribution >= 4 is 13.8 Å². The predicted octanol–water partition coefficient (Wildman–Crippen LogP) is 3.87. The van der Waals surface area contributed by atoms with Gasteiger partial charge in [-0.3, -0.25) is 9.32 Å². The highest BCUT2D eigenvalue weighted by Gasteiger charge is 2.17. The maximum Gasteiger partial charge on any atom is 0.469 e. The van der Waals surface area contributed by atoms with Crippen LogP contribution in [0.3, 0.4) is 0 Å². The number of aliphatic hydroxyl groups excluding tert-OH is 1. The second-order valence-corrected chi connectivity index (χ2v) is 7.64. The third-order valence-corrected chi connectivity index (χ3v) is 4.25. The van der Waals surface area contributed by atoms with E-state index >= 15 is 0 Å². The zero-order valence-corrected chi connectivity index (χ0v) is 16.7. The van der Waals surface area contributed by atoms with Crippen molar-refractivity contribution in [1.29, 1.82) is 0 Å². The lowest BCUT2D eigenvalue weighted by atomic mass is 10.1. The zero-order valence-electron chi connectivity index (χ0n) is 15.8. The summed E-state index contributed by atoms with van der Waals surface area (Å²) in [7, 11) is -4.61. The molecule has 26 heavy (non-hydrogen) atoms. The highest BCUT2D eigenvalue weighted by Crippen LogP contribution is 2.35. The quantitative estimate of drug-likeness (QED) is 0.148. The third-order valence-electron chi connectivity index (χ3n) is 3.76. The molecular formula is C18H35O7P. The molecule has 0 aromatic carbocycles. The molecule has 0 saturated carbocycles. The summed E-state index contributed by atoms with van der Waals surface area (Å²) in [6.45, 7) is 1.30. The van der Waals surface area contributed by atoms with E-state index in [1.54, 1.807) is 0 Å². The second-order valence-electron chi connectivity index (χ2n) is 6.40. The molecular weight excluding hydrogens is 359 g/mol. The Morgan fingerprint density at radius 2 is 1.54 bits per heavy atom. The van der Waals surface area contributed by atoms with Crippen LogP contribution in [0.25, 0.3) is 0 Å². The van der Waals surface area contributed by atoms with Crippen LogP contribution in [0.1, 0.15) is 77.6 Å². The topological polar surface area (TPSA) is 113 Å². The van der Waals surface area contributed by atoms with Crippen molar-refractivity contribution in [3.63, 3.8) is 0 Å². The molecule has 0 rings (SSSR count). The van der Waals surface area contributed by atoms with Crippen LogP contribution in [-0.4, -0.2) is 40.2 Å². The monoisotopic (exact) mass is 394 g/mol. The average Bonchev–Trinajstić information content (AvgIpc) is 2.58. The van der Waals surface area contributed by atoms with Gasteiger partial charge in [0.25, 0.3) is 0 Å². The third kappa shape index (κ3) is 19.6. The molecule has 0 radical (unpaired) electrons. The first-order chi connectivity index (χ1) is 12.3. The summed E-state index contributed by atoms with van der Waals surface area (Å²) in [4.78, 5) is 28.5. The molecule has 0 aliphatic heterocycles. The molecule has 0 unspecified atom stereocenters. The number of carbonyl (C=O) groups excluding carboxylic acids is 1. The minimum absolute atomic E-state index is 0.281. The minimum atomic E-state index is -4.61. The summed E-state index contributed by atoms with van der Waals surface area (Å²) < 4.78 is 19.4. The van der Waals surface area contributed by atoms with E-state index in [4.69, 9.17) is 14.5 Å². The molecule has 0 aromatic heterocycles. The number of aliphatic hydroxyl groups is 1. The first-order valence-corrected chi connectivity index (χ1v) is 11.1. The van der Waals surface area contributed by atoms with Gasteiger partial charge in [0.05, 0.1) is 6.61 Å². The number of hydrogen-bond acceptors (Lipinski definition) is 5. The summed E-state index contributed by atoms with van der Waals surface area (Å²) in [5.74, 6) is -0.421. The molecule has 0 aromatic rings. The fourth-order valence-electron chi connectivity index (χ4n) is 2.30. The van der Waals surface area contributed by atoms with Gasteiger partial charge >= 0.3 is 13.8 Å². The van der Waals surface area contributed by atoms with Gasteiger partial charge in [-0.2, -0.15) is 0 Å². The zero-order chi connectivity index (χ0) is 19.7. The Morgan fingerprint density at radius 3 is 2.15 bits per heavy atom.